The number of phenols is 1. The quantitative estimate of drug-likeness (QED) is 0.396. The molecule has 130 valence electrons. The van der Waals surface area contributed by atoms with Crippen LogP contribution in [0.3, 0.4) is 0 Å². The summed E-state index contributed by atoms with van der Waals surface area (Å²) in [5.74, 6) is -4.27. The molecule has 0 saturated heterocycles. The molecule has 3 aliphatic heterocycles. The Morgan fingerprint density at radius 1 is 1.15 bits per heavy atom. The van der Waals surface area contributed by atoms with Crippen LogP contribution in [0.15, 0.2) is 42.2 Å². The van der Waals surface area contributed by atoms with Gasteiger partial charge in [0.1, 0.15) is 22.8 Å². The average molecular weight is 354 g/mol. The highest BCUT2D eigenvalue weighted by Gasteiger charge is 2.55. The SMILES string of the molecule is O=C1Oc2cc3c(c(O)c2C(=O)C2(O)C(=O)C=CC=C12)[C@@H]1C=CO[C@@H]1O3. The standard InChI is InChI=1S/C18H10O8/c19-11-3-1-2-8-16(22)25-10-6-9-12(7-4-5-24-17(7)26-9)14(20)13(10)15(21)18(8,11)23/h1-7,17,20,23H/t7-,17+,18?/m0/s1. The van der Waals surface area contributed by atoms with Crippen LogP contribution in [-0.4, -0.2) is 39.6 Å². The van der Waals surface area contributed by atoms with Gasteiger partial charge in [0.25, 0.3) is 6.29 Å². The van der Waals surface area contributed by atoms with Crippen LogP contribution in [0, 0.1) is 0 Å². The van der Waals surface area contributed by atoms with Crippen molar-refractivity contribution in [2.45, 2.75) is 17.8 Å². The maximum atomic E-state index is 13.0. The van der Waals surface area contributed by atoms with Gasteiger partial charge in [-0.3, -0.25) is 9.59 Å². The minimum absolute atomic E-state index is 0.191. The van der Waals surface area contributed by atoms with Crippen LogP contribution < -0.4 is 9.47 Å². The third-order valence-corrected chi connectivity index (χ3v) is 4.87. The highest BCUT2D eigenvalue weighted by atomic mass is 16.7. The first-order valence-corrected chi connectivity index (χ1v) is 7.74. The second-order valence-electron chi connectivity index (χ2n) is 6.22. The average Bonchev–Trinajstić information content (AvgIpc) is 3.15. The summed E-state index contributed by atoms with van der Waals surface area (Å²) in [5, 5.41) is 21.5. The second kappa shape index (κ2) is 4.61. The summed E-state index contributed by atoms with van der Waals surface area (Å²) in [7, 11) is 0. The topological polar surface area (TPSA) is 119 Å². The van der Waals surface area contributed by atoms with Crippen molar-refractivity contribution in [1.29, 1.82) is 0 Å². The van der Waals surface area contributed by atoms with Crippen molar-refractivity contribution in [2.24, 2.45) is 0 Å². The van der Waals surface area contributed by atoms with E-state index in [1.165, 1.54) is 18.4 Å². The molecule has 1 unspecified atom stereocenters. The van der Waals surface area contributed by atoms with Crippen molar-refractivity contribution in [2.75, 3.05) is 0 Å². The maximum Gasteiger partial charge on any atom is 0.343 e. The number of esters is 1. The number of carbonyl (C=O) groups is 3. The third-order valence-electron chi connectivity index (χ3n) is 4.87. The van der Waals surface area contributed by atoms with Gasteiger partial charge in [-0.15, -0.1) is 0 Å². The molecule has 0 radical (unpaired) electrons. The number of hydrogen-bond acceptors (Lipinski definition) is 8. The molecule has 0 bridgehead atoms. The summed E-state index contributed by atoms with van der Waals surface area (Å²) in [6, 6.07) is 1.27. The van der Waals surface area contributed by atoms with E-state index in [1.807, 2.05) is 0 Å². The highest BCUT2D eigenvalue weighted by molar-refractivity contribution is 6.30. The van der Waals surface area contributed by atoms with Crippen LogP contribution in [0.5, 0.6) is 17.2 Å². The number of allylic oxidation sites excluding steroid dienone is 2. The number of fused-ring (bicyclic) bond motifs is 5. The number of benzene rings is 1. The number of aromatic hydroxyl groups is 1. The van der Waals surface area contributed by atoms with Gasteiger partial charge in [0.05, 0.1) is 23.3 Å². The molecule has 26 heavy (non-hydrogen) atoms. The molecule has 1 aromatic rings. The lowest BCUT2D eigenvalue weighted by atomic mass is 9.79. The Labute approximate surface area is 145 Å². The Bertz CT molecular complexity index is 1010. The lowest BCUT2D eigenvalue weighted by Crippen LogP contribution is -2.50. The Balaban J connectivity index is 1.77. The van der Waals surface area contributed by atoms with Gasteiger partial charge in [-0.1, -0.05) is 6.08 Å². The van der Waals surface area contributed by atoms with Crippen molar-refractivity contribution in [3.8, 4) is 17.2 Å². The molecule has 5 rings (SSSR count). The minimum atomic E-state index is -2.75. The highest BCUT2D eigenvalue weighted by Crippen LogP contribution is 2.52. The molecule has 4 aliphatic rings. The largest absolute Gasteiger partial charge is 0.507 e. The van der Waals surface area contributed by atoms with E-state index in [1.54, 1.807) is 6.08 Å². The normalized spacial score (nSPS) is 30.3. The van der Waals surface area contributed by atoms with Gasteiger partial charge >= 0.3 is 5.97 Å². The summed E-state index contributed by atoms with van der Waals surface area (Å²) in [4.78, 5) is 37.7. The molecule has 3 atom stereocenters. The van der Waals surface area contributed by atoms with Gasteiger partial charge in [-0.05, 0) is 18.2 Å². The molecule has 1 aliphatic carbocycles. The molecule has 8 nitrogen and oxygen atoms in total. The number of hydrogen-bond donors (Lipinski definition) is 2. The summed E-state index contributed by atoms with van der Waals surface area (Å²) in [6.07, 6.45) is 5.71. The number of carbonyl (C=O) groups excluding carboxylic acids is 3. The molecule has 8 heteroatoms. The number of phenolic OH excluding ortho intramolecular Hbond substituents is 1. The lowest BCUT2D eigenvalue weighted by molar-refractivity contribution is -0.136. The van der Waals surface area contributed by atoms with Crippen LogP contribution in [0.4, 0.5) is 0 Å². The van der Waals surface area contributed by atoms with E-state index in [4.69, 9.17) is 14.2 Å². The van der Waals surface area contributed by atoms with Crippen molar-refractivity contribution < 1.29 is 38.8 Å². The first kappa shape index (κ1) is 14.9. The first-order valence-electron chi connectivity index (χ1n) is 7.74. The molecular weight excluding hydrogens is 344 g/mol. The Kier molecular flexibility index (Phi) is 2.65. The van der Waals surface area contributed by atoms with Crippen LogP contribution in [0.25, 0.3) is 0 Å². The van der Waals surface area contributed by atoms with Gasteiger partial charge in [-0.25, -0.2) is 4.79 Å². The van der Waals surface area contributed by atoms with E-state index in [2.05, 4.69) is 0 Å². The maximum absolute atomic E-state index is 13.0. The van der Waals surface area contributed by atoms with Crippen molar-refractivity contribution >= 4 is 17.5 Å². The van der Waals surface area contributed by atoms with E-state index in [9.17, 15) is 24.6 Å². The fraction of sp³-hybridized carbons (Fsp3) is 0.167. The third kappa shape index (κ3) is 1.59. The molecule has 3 heterocycles. The van der Waals surface area contributed by atoms with Gasteiger partial charge in [-0.2, -0.15) is 0 Å². The first-order chi connectivity index (χ1) is 12.4. The molecule has 0 spiro atoms. The zero-order chi connectivity index (χ0) is 18.2. The van der Waals surface area contributed by atoms with Crippen LogP contribution in [-0.2, 0) is 14.3 Å². The zero-order valence-electron chi connectivity index (χ0n) is 13.0. The van der Waals surface area contributed by atoms with Gasteiger partial charge in [0, 0.05) is 6.07 Å². The monoisotopic (exact) mass is 354 g/mol. The van der Waals surface area contributed by atoms with Gasteiger partial charge in [0.15, 0.2) is 5.78 Å². The molecule has 0 saturated carbocycles. The zero-order valence-corrected chi connectivity index (χ0v) is 13.0. The summed E-state index contributed by atoms with van der Waals surface area (Å²) in [5.41, 5.74) is -3.43. The number of Topliss-reactive ketones (excluding diaryl/α,β-unsaturated/α-hetero) is 1. The summed E-state index contributed by atoms with van der Waals surface area (Å²) >= 11 is 0. The molecule has 1 aromatic carbocycles. The van der Waals surface area contributed by atoms with Crippen LogP contribution in [0.2, 0.25) is 0 Å². The number of ether oxygens (including phenoxy) is 3. The van der Waals surface area contributed by atoms with Gasteiger partial charge < -0.3 is 24.4 Å². The minimum Gasteiger partial charge on any atom is -0.507 e. The summed E-state index contributed by atoms with van der Waals surface area (Å²) < 4.78 is 16.0. The number of aliphatic hydroxyl groups is 1. The predicted octanol–water partition coefficient (Wildman–Crippen LogP) is 0.636. The van der Waals surface area contributed by atoms with E-state index >= 15 is 0 Å². The van der Waals surface area contributed by atoms with Crippen molar-refractivity contribution in [3.63, 3.8) is 0 Å². The smallest absolute Gasteiger partial charge is 0.343 e. The van der Waals surface area contributed by atoms with Crippen molar-refractivity contribution in [1.82, 2.24) is 0 Å². The molecule has 2 N–H and O–H groups in total. The molecule has 0 amide bonds. The molecule has 0 aromatic heterocycles. The lowest BCUT2D eigenvalue weighted by Gasteiger charge is -2.25. The Morgan fingerprint density at radius 2 is 1.96 bits per heavy atom. The summed E-state index contributed by atoms with van der Waals surface area (Å²) in [6.45, 7) is 0. The predicted molar refractivity (Wildman–Crippen MR) is 82.6 cm³/mol. The van der Waals surface area contributed by atoms with Gasteiger partial charge in [0.2, 0.25) is 11.4 Å². The van der Waals surface area contributed by atoms with E-state index in [-0.39, 0.29) is 17.1 Å². The fourth-order valence-corrected chi connectivity index (χ4v) is 3.59. The van der Waals surface area contributed by atoms with E-state index < -0.39 is 52.2 Å². The number of ketones is 2. The second-order valence-corrected chi connectivity index (χ2v) is 6.22. The Hall–Kier alpha value is -3.39. The molecule has 0 fully saturated rings. The van der Waals surface area contributed by atoms with E-state index in [0.717, 1.165) is 12.2 Å². The van der Waals surface area contributed by atoms with Crippen LogP contribution in [0.1, 0.15) is 21.8 Å². The van der Waals surface area contributed by atoms with Crippen molar-refractivity contribution in [3.05, 3.63) is 53.3 Å². The molecular formula is C18H10O8. The Morgan fingerprint density at radius 3 is 2.77 bits per heavy atom. The number of rotatable bonds is 0. The fourth-order valence-electron chi connectivity index (χ4n) is 3.59. The van der Waals surface area contributed by atoms with E-state index in [0.29, 0.717) is 0 Å². The van der Waals surface area contributed by atoms with Crippen LogP contribution >= 0.6 is 0 Å².